The first kappa shape index (κ1) is 14.2. The van der Waals surface area contributed by atoms with E-state index in [1.165, 1.54) is 12.8 Å². The minimum atomic E-state index is -1.16. The first-order chi connectivity index (χ1) is 9.08. The second-order valence-electron chi connectivity index (χ2n) is 5.09. The third-order valence-electron chi connectivity index (χ3n) is 3.72. The molecule has 0 saturated carbocycles. The molecule has 1 heterocycles. The summed E-state index contributed by atoms with van der Waals surface area (Å²) in [6, 6.07) is 1.93. The second kappa shape index (κ2) is 6.28. The normalized spacial score (nSPS) is 20.5. The summed E-state index contributed by atoms with van der Waals surface area (Å²) in [7, 11) is 2.09. The molecule has 0 aliphatic carbocycles. The van der Waals surface area contributed by atoms with Crippen molar-refractivity contribution in [1.29, 1.82) is 0 Å². The number of benzene rings is 1. The number of nitrogens with one attached hydrogen (secondary N) is 1. The fourth-order valence-electron chi connectivity index (χ4n) is 2.54. The summed E-state index contributed by atoms with van der Waals surface area (Å²) in [5, 5.41) is 2.84. The molecule has 1 fully saturated rings. The SMILES string of the molecule is CN1CCCCC1CCNc1cc(F)c(F)cc1F. The van der Waals surface area contributed by atoms with Gasteiger partial charge in [-0.25, -0.2) is 13.2 Å². The summed E-state index contributed by atoms with van der Waals surface area (Å²) in [6.45, 7) is 1.64. The van der Waals surface area contributed by atoms with Crippen LogP contribution in [-0.2, 0) is 0 Å². The maximum atomic E-state index is 13.4. The van der Waals surface area contributed by atoms with Crippen molar-refractivity contribution in [3.8, 4) is 0 Å². The zero-order valence-electron chi connectivity index (χ0n) is 11.1. The van der Waals surface area contributed by atoms with E-state index in [1.807, 2.05) is 0 Å². The van der Waals surface area contributed by atoms with Crippen LogP contribution in [0.2, 0.25) is 0 Å². The van der Waals surface area contributed by atoms with Crippen LogP contribution in [0.5, 0.6) is 0 Å². The predicted octanol–water partition coefficient (Wildman–Crippen LogP) is 3.39. The molecule has 0 amide bonds. The van der Waals surface area contributed by atoms with Crippen LogP contribution in [0.15, 0.2) is 12.1 Å². The van der Waals surface area contributed by atoms with Crippen molar-refractivity contribution in [3.63, 3.8) is 0 Å². The maximum absolute atomic E-state index is 13.4. The van der Waals surface area contributed by atoms with Crippen LogP contribution >= 0.6 is 0 Å². The Balaban J connectivity index is 1.87. The van der Waals surface area contributed by atoms with Gasteiger partial charge in [0.2, 0.25) is 0 Å². The quantitative estimate of drug-likeness (QED) is 0.845. The number of likely N-dealkylation sites (tertiary alicyclic amines) is 1. The lowest BCUT2D eigenvalue weighted by Crippen LogP contribution is -2.37. The first-order valence-electron chi connectivity index (χ1n) is 6.66. The Bertz CT molecular complexity index is 437. The van der Waals surface area contributed by atoms with Crippen molar-refractivity contribution in [1.82, 2.24) is 4.90 Å². The lowest BCUT2D eigenvalue weighted by atomic mass is 10.0. The van der Waals surface area contributed by atoms with E-state index in [2.05, 4.69) is 17.3 Å². The number of anilines is 1. The van der Waals surface area contributed by atoms with Gasteiger partial charge in [-0.2, -0.15) is 0 Å². The average Bonchev–Trinajstić information content (AvgIpc) is 2.38. The van der Waals surface area contributed by atoms with Crippen molar-refractivity contribution in [2.75, 3.05) is 25.5 Å². The van der Waals surface area contributed by atoms with Gasteiger partial charge in [-0.05, 0) is 32.9 Å². The van der Waals surface area contributed by atoms with Crippen molar-refractivity contribution in [2.45, 2.75) is 31.7 Å². The monoisotopic (exact) mass is 272 g/mol. The van der Waals surface area contributed by atoms with E-state index < -0.39 is 17.5 Å². The number of rotatable bonds is 4. The summed E-state index contributed by atoms with van der Waals surface area (Å²) in [4.78, 5) is 2.30. The summed E-state index contributed by atoms with van der Waals surface area (Å²) in [6.07, 6.45) is 4.44. The second-order valence-corrected chi connectivity index (χ2v) is 5.09. The molecule has 106 valence electrons. The molecule has 1 saturated heterocycles. The Hall–Kier alpha value is -1.23. The molecule has 1 aliphatic heterocycles. The van der Waals surface area contributed by atoms with E-state index in [4.69, 9.17) is 0 Å². The topological polar surface area (TPSA) is 15.3 Å². The first-order valence-corrected chi connectivity index (χ1v) is 6.66. The molecule has 1 N–H and O–H groups in total. The van der Waals surface area contributed by atoms with Crippen LogP contribution in [-0.4, -0.2) is 31.1 Å². The molecule has 1 aromatic rings. The lowest BCUT2D eigenvalue weighted by Gasteiger charge is -2.32. The van der Waals surface area contributed by atoms with Crippen LogP contribution in [0, 0.1) is 17.5 Å². The van der Waals surface area contributed by atoms with Crippen molar-refractivity contribution >= 4 is 5.69 Å². The van der Waals surface area contributed by atoms with E-state index in [1.54, 1.807) is 0 Å². The fraction of sp³-hybridized carbons (Fsp3) is 0.571. The Morgan fingerprint density at radius 2 is 1.89 bits per heavy atom. The molecule has 1 atom stereocenters. The number of piperidine rings is 1. The zero-order valence-corrected chi connectivity index (χ0v) is 11.1. The van der Waals surface area contributed by atoms with E-state index in [9.17, 15) is 13.2 Å². The van der Waals surface area contributed by atoms with E-state index >= 15 is 0 Å². The Kier molecular flexibility index (Phi) is 4.69. The molecular weight excluding hydrogens is 253 g/mol. The summed E-state index contributed by atoms with van der Waals surface area (Å²) in [5.74, 6) is -2.94. The molecule has 19 heavy (non-hydrogen) atoms. The van der Waals surface area contributed by atoms with Crippen LogP contribution in [0.25, 0.3) is 0 Å². The highest BCUT2D eigenvalue weighted by molar-refractivity contribution is 5.45. The summed E-state index contributed by atoms with van der Waals surface area (Å²) < 4.78 is 39.2. The van der Waals surface area contributed by atoms with E-state index in [0.717, 1.165) is 25.5 Å². The van der Waals surface area contributed by atoms with Gasteiger partial charge in [0.25, 0.3) is 0 Å². The molecular formula is C14H19F3N2. The van der Waals surface area contributed by atoms with Gasteiger partial charge in [0, 0.05) is 24.7 Å². The van der Waals surface area contributed by atoms with Gasteiger partial charge < -0.3 is 10.2 Å². The molecule has 2 nitrogen and oxygen atoms in total. The van der Waals surface area contributed by atoms with Crippen LogP contribution < -0.4 is 5.32 Å². The molecule has 0 aromatic heterocycles. The van der Waals surface area contributed by atoms with Crippen LogP contribution in [0.1, 0.15) is 25.7 Å². The Labute approximate surface area is 111 Å². The average molecular weight is 272 g/mol. The zero-order chi connectivity index (χ0) is 13.8. The molecule has 2 rings (SSSR count). The molecule has 1 unspecified atom stereocenters. The number of halogens is 3. The van der Waals surface area contributed by atoms with E-state index in [-0.39, 0.29) is 5.69 Å². The van der Waals surface area contributed by atoms with Crippen LogP contribution in [0.4, 0.5) is 18.9 Å². The summed E-state index contributed by atoms with van der Waals surface area (Å²) >= 11 is 0. The molecule has 0 bridgehead atoms. The van der Waals surface area contributed by atoms with Gasteiger partial charge in [0.05, 0.1) is 5.69 Å². The van der Waals surface area contributed by atoms with Gasteiger partial charge in [-0.15, -0.1) is 0 Å². The molecule has 0 radical (unpaired) electrons. The third kappa shape index (κ3) is 3.62. The van der Waals surface area contributed by atoms with Gasteiger partial charge in [-0.3, -0.25) is 0 Å². The molecule has 1 aromatic carbocycles. The predicted molar refractivity (Wildman–Crippen MR) is 69.7 cm³/mol. The standard InChI is InChI=1S/C14H19F3N2/c1-19-7-3-2-4-10(19)5-6-18-14-9-12(16)11(15)8-13(14)17/h8-10,18H,2-7H2,1H3. The Morgan fingerprint density at radius 3 is 2.63 bits per heavy atom. The van der Waals surface area contributed by atoms with Gasteiger partial charge >= 0.3 is 0 Å². The number of nitrogens with zero attached hydrogens (tertiary/aromatic N) is 1. The highest BCUT2D eigenvalue weighted by Gasteiger charge is 2.18. The Morgan fingerprint density at radius 1 is 1.16 bits per heavy atom. The minimum Gasteiger partial charge on any atom is -0.383 e. The largest absolute Gasteiger partial charge is 0.383 e. The number of hydrogen-bond acceptors (Lipinski definition) is 2. The van der Waals surface area contributed by atoms with Gasteiger partial charge in [0.15, 0.2) is 11.6 Å². The highest BCUT2D eigenvalue weighted by Crippen LogP contribution is 2.20. The highest BCUT2D eigenvalue weighted by atomic mass is 19.2. The van der Waals surface area contributed by atoms with E-state index in [0.29, 0.717) is 18.7 Å². The van der Waals surface area contributed by atoms with Gasteiger partial charge in [0.1, 0.15) is 5.82 Å². The smallest absolute Gasteiger partial charge is 0.161 e. The lowest BCUT2D eigenvalue weighted by molar-refractivity contribution is 0.179. The van der Waals surface area contributed by atoms with Crippen molar-refractivity contribution in [3.05, 3.63) is 29.6 Å². The molecule has 0 spiro atoms. The molecule has 5 heteroatoms. The summed E-state index contributed by atoms with van der Waals surface area (Å²) in [5.41, 5.74) is 0.0253. The number of hydrogen-bond donors (Lipinski definition) is 1. The molecule has 1 aliphatic rings. The fourth-order valence-corrected chi connectivity index (χ4v) is 2.54. The van der Waals surface area contributed by atoms with Gasteiger partial charge in [-0.1, -0.05) is 6.42 Å². The van der Waals surface area contributed by atoms with Crippen molar-refractivity contribution < 1.29 is 13.2 Å². The van der Waals surface area contributed by atoms with Crippen molar-refractivity contribution in [2.24, 2.45) is 0 Å². The van der Waals surface area contributed by atoms with Crippen LogP contribution in [0.3, 0.4) is 0 Å². The third-order valence-corrected chi connectivity index (χ3v) is 3.72. The maximum Gasteiger partial charge on any atom is 0.161 e. The minimum absolute atomic E-state index is 0.0253.